The van der Waals surface area contributed by atoms with Gasteiger partial charge in [0.1, 0.15) is 18.0 Å². The average Bonchev–Trinajstić information content (AvgIpc) is 2.76. The van der Waals surface area contributed by atoms with Crippen molar-refractivity contribution in [2.75, 3.05) is 7.11 Å². The van der Waals surface area contributed by atoms with Crippen LogP contribution in [0.3, 0.4) is 0 Å². The zero-order chi connectivity index (χ0) is 21.1. The van der Waals surface area contributed by atoms with Gasteiger partial charge < -0.3 is 9.47 Å². The second-order valence-corrected chi connectivity index (χ2v) is 6.88. The number of rotatable bonds is 5. The monoisotopic (exact) mass is 400 g/mol. The van der Waals surface area contributed by atoms with Gasteiger partial charge in [0, 0.05) is 18.3 Å². The molecule has 0 saturated heterocycles. The molecule has 0 radical (unpaired) electrons. The standard InChI is InChI=1S/C24H20N2O4/c1-16-4-3-11-26-22(27)14-20(25-24(16)26)15-30-23(28)10-6-17-5-7-19-13-21(29-2)9-8-18(19)12-17/h3-14H,15H2,1-2H3/b10-6+. The van der Waals surface area contributed by atoms with Crippen LogP contribution in [0.4, 0.5) is 0 Å². The van der Waals surface area contributed by atoms with Crippen LogP contribution >= 0.6 is 0 Å². The van der Waals surface area contributed by atoms with Crippen LogP contribution in [0.5, 0.6) is 5.75 Å². The van der Waals surface area contributed by atoms with Crippen molar-refractivity contribution in [3.63, 3.8) is 0 Å². The van der Waals surface area contributed by atoms with Crippen molar-refractivity contribution in [3.8, 4) is 5.75 Å². The molecule has 4 rings (SSSR count). The van der Waals surface area contributed by atoms with E-state index in [1.165, 1.54) is 16.5 Å². The predicted molar refractivity (Wildman–Crippen MR) is 116 cm³/mol. The zero-order valence-corrected chi connectivity index (χ0v) is 16.7. The Hall–Kier alpha value is -3.93. The Kier molecular flexibility index (Phi) is 5.30. The van der Waals surface area contributed by atoms with Gasteiger partial charge in [0.2, 0.25) is 0 Å². The van der Waals surface area contributed by atoms with Crippen LogP contribution in [-0.2, 0) is 16.1 Å². The fourth-order valence-corrected chi connectivity index (χ4v) is 3.21. The Morgan fingerprint density at radius 2 is 1.90 bits per heavy atom. The molecule has 6 heteroatoms. The lowest BCUT2D eigenvalue weighted by molar-refractivity contribution is -0.139. The number of fused-ring (bicyclic) bond motifs is 2. The van der Waals surface area contributed by atoms with Crippen molar-refractivity contribution < 1.29 is 14.3 Å². The molecule has 4 aromatic rings. The molecule has 0 amide bonds. The topological polar surface area (TPSA) is 69.9 Å². The van der Waals surface area contributed by atoms with Crippen LogP contribution in [0.15, 0.2) is 71.7 Å². The predicted octanol–water partition coefficient (Wildman–Crippen LogP) is 3.92. The van der Waals surface area contributed by atoms with Crippen molar-refractivity contribution in [3.05, 3.63) is 94.0 Å². The Balaban J connectivity index is 1.45. The number of pyridine rings is 1. The van der Waals surface area contributed by atoms with E-state index in [0.29, 0.717) is 11.3 Å². The van der Waals surface area contributed by atoms with E-state index in [2.05, 4.69) is 4.98 Å². The highest BCUT2D eigenvalue weighted by atomic mass is 16.5. The average molecular weight is 400 g/mol. The van der Waals surface area contributed by atoms with Gasteiger partial charge in [-0.25, -0.2) is 9.78 Å². The summed E-state index contributed by atoms with van der Waals surface area (Å²) < 4.78 is 12.0. The zero-order valence-electron chi connectivity index (χ0n) is 16.7. The number of ether oxygens (including phenoxy) is 2. The summed E-state index contributed by atoms with van der Waals surface area (Å²) in [6.45, 7) is 1.81. The molecule has 6 nitrogen and oxygen atoms in total. The number of esters is 1. The minimum absolute atomic E-state index is 0.0687. The van der Waals surface area contributed by atoms with Crippen LogP contribution in [0.25, 0.3) is 22.5 Å². The number of benzene rings is 2. The lowest BCUT2D eigenvalue weighted by Crippen LogP contribution is -2.17. The first-order valence-electron chi connectivity index (χ1n) is 9.44. The highest BCUT2D eigenvalue weighted by Crippen LogP contribution is 2.22. The first kappa shape index (κ1) is 19.4. The first-order valence-corrected chi connectivity index (χ1v) is 9.44. The molecule has 0 aliphatic carbocycles. The van der Waals surface area contributed by atoms with Crippen LogP contribution in [-0.4, -0.2) is 22.5 Å². The van der Waals surface area contributed by atoms with Crippen molar-refractivity contribution in [1.29, 1.82) is 0 Å². The van der Waals surface area contributed by atoms with Crippen molar-refractivity contribution in [2.24, 2.45) is 0 Å². The largest absolute Gasteiger partial charge is 0.497 e. The van der Waals surface area contributed by atoms with Gasteiger partial charge in [-0.05, 0) is 59.2 Å². The lowest BCUT2D eigenvalue weighted by atomic mass is 10.1. The maximum atomic E-state index is 12.2. The molecule has 2 aromatic heterocycles. The molecular weight excluding hydrogens is 380 g/mol. The van der Waals surface area contributed by atoms with E-state index in [-0.39, 0.29) is 12.2 Å². The lowest BCUT2D eigenvalue weighted by Gasteiger charge is -2.06. The first-order chi connectivity index (χ1) is 14.5. The molecular formula is C24H20N2O4. The number of nitrogens with zero attached hydrogens (tertiary/aromatic N) is 2. The Labute approximate surface area is 173 Å². The summed E-state index contributed by atoms with van der Waals surface area (Å²) in [4.78, 5) is 28.8. The minimum Gasteiger partial charge on any atom is -0.497 e. The van der Waals surface area contributed by atoms with E-state index in [1.54, 1.807) is 25.4 Å². The van der Waals surface area contributed by atoms with Gasteiger partial charge in [-0.3, -0.25) is 9.20 Å². The summed E-state index contributed by atoms with van der Waals surface area (Å²) in [6.07, 6.45) is 4.72. The molecule has 0 saturated carbocycles. The van der Waals surface area contributed by atoms with E-state index >= 15 is 0 Å². The van der Waals surface area contributed by atoms with Crippen LogP contribution in [0, 0.1) is 6.92 Å². The highest BCUT2D eigenvalue weighted by Gasteiger charge is 2.06. The molecule has 30 heavy (non-hydrogen) atoms. The molecule has 0 bridgehead atoms. The second kappa shape index (κ2) is 8.21. The molecule has 0 unspecified atom stereocenters. The number of aromatic nitrogens is 2. The SMILES string of the molecule is COc1ccc2cc(/C=C/C(=O)OCc3cc(=O)n4cccc(C)c4n3)ccc2c1. The quantitative estimate of drug-likeness (QED) is 0.375. The second-order valence-electron chi connectivity index (χ2n) is 6.88. The maximum absolute atomic E-state index is 12.2. The van der Waals surface area contributed by atoms with Gasteiger partial charge in [0.05, 0.1) is 12.8 Å². The molecule has 2 aromatic carbocycles. The number of carbonyl (C=O) groups excluding carboxylic acids is 1. The third-order valence-corrected chi connectivity index (χ3v) is 4.78. The minimum atomic E-state index is -0.503. The van der Waals surface area contributed by atoms with Crippen LogP contribution < -0.4 is 10.3 Å². The molecule has 0 aliphatic heterocycles. The van der Waals surface area contributed by atoms with Crippen molar-refractivity contribution in [2.45, 2.75) is 13.5 Å². The number of hydrogen-bond donors (Lipinski definition) is 0. The number of methoxy groups -OCH3 is 1. The van der Waals surface area contributed by atoms with Gasteiger partial charge in [-0.1, -0.05) is 24.3 Å². The van der Waals surface area contributed by atoms with E-state index in [1.807, 2.05) is 49.4 Å². The Morgan fingerprint density at radius 3 is 2.73 bits per heavy atom. The van der Waals surface area contributed by atoms with E-state index in [4.69, 9.17) is 9.47 Å². The molecule has 2 heterocycles. The summed E-state index contributed by atoms with van der Waals surface area (Å²) in [5.74, 6) is 0.295. The molecule has 0 fully saturated rings. The summed E-state index contributed by atoms with van der Waals surface area (Å²) >= 11 is 0. The summed E-state index contributed by atoms with van der Waals surface area (Å²) in [5, 5.41) is 2.10. The summed E-state index contributed by atoms with van der Waals surface area (Å²) in [6, 6.07) is 16.7. The van der Waals surface area contributed by atoms with Crippen molar-refractivity contribution >= 4 is 28.5 Å². The maximum Gasteiger partial charge on any atom is 0.331 e. The van der Waals surface area contributed by atoms with E-state index < -0.39 is 5.97 Å². The smallest absolute Gasteiger partial charge is 0.331 e. The molecule has 0 aliphatic rings. The number of aryl methyl sites for hydroxylation is 1. The summed E-state index contributed by atoms with van der Waals surface area (Å²) in [7, 11) is 1.63. The number of hydrogen-bond acceptors (Lipinski definition) is 5. The van der Waals surface area contributed by atoms with E-state index in [0.717, 1.165) is 27.6 Å². The molecule has 150 valence electrons. The third kappa shape index (κ3) is 4.07. The third-order valence-electron chi connectivity index (χ3n) is 4.78. The molecule has 0 atom stereocenters. The van der Waals surface area contributed by atoms with Gasteiger partial charge >= 0.3 is 5.97 Å². The normalized spacial score (nSPS) is 11.3. The van der Waals surface area contributed by atoms with Gasteiger partial charge in [-0.2, -0.15) is 0 Å². The fraction of sp³-hybridized carbons (Fsp3) is 0.125. The van der Waals surface area contributed by atoms with Crippen LogP contribution in [0.2, 0.25) is 0 Å². The van der Waals surface area contributed by atoms with Gasteiger partial charge in [0.25, 0.3) is 5.56 Å². The highest BCUT2D eigenvalue weighted by molar-refractivity contribution is 5.90. The Morgan fingerprint density at radius 1 is 1.10 bits per heavy atom. The molecule has 0 N–H and O–H groups in total. The summed E-state index contributed by atoms with van der Waals surface area (Å²) in [5.41, 5.74) is 2.51. The fourth-order valence-electron chi connectivity index (χ4n) is 3.21. The molecule has 0 spiro atoms. The van der Waals surface area contributed by atoms with Gasteiger partial charge in [0.15, 0.2) is 0 Å². The van der Waals surface area contributed by atoms with Crippen LogP contribution in [0.1, 0.15) is 16.8 Å². The number of carbonyl (C=O) groups is 1. The van der Waals surface area contributed by atoms with Gasteiger partial charge in [-0.15, -0.1) is 0 Å². The Bertz CT molecular complexity index is 1340. The van der Waals surface area contributed by atoms with E-state index in [9.17, 15) is 9.59 Å². The van der Waals surface area contributed by atoms with Crippen molar-refractivity contribution in [1.82, 2.24) is 9.38 Å².